The fourth-order valence-electron chi connectivity index (χ4n) is 5.29. The van der Waals surface area contributed by atoms with E-state index in [2.05, 4.69) is 43.1 Å². The molecule has 0 bridgehead atoms. The topological polar surface area (TPSA) is 65.1 Å². The van der Waals surface area contributed by atoms with Gasteiger partial charge in [-0.05, 0) is 71.9 Å². The summed E-state index contributed by atoms with van der Waals surface area (Å²) in [6.07, 6.45) is 36.3. The van der Waals surface area contributed by atoms with Crippen molar-refractivity contribution >= 4 is 12.1 Å². The molecule has 0 aromatic rings. The largest absolute Gasteiger partial charge is 0.508 e. The van der Waals surface area contributed by atoms with Gasteiger partial charge in [-0.1, -0.05) is 128 Å². The number of ether oxygens (including phenoxy) is 3. The maximum Gasteiger partial charge on any atom is 0.508 e. The molecule has 0 heterocycles. The summed E-state index contributed by atoms with van der Waals surface area (Å²) < 4.78 is 16.4. The van der Waals surface area contributed by atoms with Gasteiger partial charge in [0.1, 0.15) is 6.10 Å². The molecule has 1 unspecified atom stereocenters. The van der Waals surface area contributed by atoms with Gasteiger partial charge in [-0.2, -0.15) is 0 Å². The molecule has 45 heavy (non-hydrogen) atoms. The summed E-state index contributed by atoms with van der Waals surface area (Å²) >= 11 is 0. The zero-order valence-corrected chi connectivity index (χ0v) is 30.2. The number of hydrogen-bond donors (Lipinski definition) is 0. The van der Waals surface area contributed by atoms with Crippen LogP contribution in [0.1, 0.15) is 174 Å². The van der Waals surface area contributed by atoms with E-state index in [4.69, 9.17) is 14.2 Å². The van der Waals surface area contributed by atoms with Crippen molar-refractivity contribution in [3.8, 4) is 0 Å². The molecular formula is C39H73NO5. The second kappa shape index (κ2) is 35.0. The minimum absolute atomic E-state index is 0.148. The van der Waals surface area contributed by atoms with E-state index in [1.807, 2.05) is 14.1 Å². The van der Waals surface area contributed by atoms with E-state index in [0.717, 1.165) is 64.3 Å². The van der Waals surface area contributed by atoms with Crippen LogP contribution in [-0.2, 0) is 19.0 Å². The minimum atomic E-state index is -0.609. The summed E-state index contributed by atoms with van der Waals surface area (Å²) in [4.78, 5) is 26.6. The number of allylic oxidation sites excluding steroid dienone is 4. The van der Waals surface area contributed by atoms with E-state index in [0.29, 0.717) is 19.4 Å². The maximum absolute atomic E-state index is 12.3. The first-order valence-electron chi connectivity index (χ1n) is 18.9. The Morgan fingerprint density at radius 2 is 1.11 bits per heavy atom. The van der Waals surface area contributed by atoms with Crippen LogP contribution in [-0.4, -0.2) is 57.0 Å². The van der Waals surface area contributed by atoms with Gasteiger partial charge in [0.25, 0.3) is 0 Å². The first-order chi connectivity index (χ1) is 22.0. The number of rotatable bonds is 33. The molecule has 0 N–H and O–H groups in total. The number of unbranched alkanes of at least 4 members (excludes halogenated alkanes) is 17. The normalized spacial score (nSPS) is 12.4. The van der Waals surface area contributed by atoms with Gasteiger partial charge in [-0.25, -0.2) is 4.79 Å². The van der Waals surface area contributed by atoms with E-state index >= 15 is 0 Å². The summed E-state index contributed by atoms with van der Waals surface area (Å²) in [6.45, 7) is 6.00. The predicted octanol–water partition coefficient (Wildman–Crippen LogP) is 11.5. The number of esters is 1. The van der Waals surface area contributed by atoms with Crippen LogP contribution >= 0.6 is 0 Å². The van der Waals surface area contributed by atoms with Gasteiger partial charge >= 0.3 is 12.1 Å². The summed E-state index contributed by atoms with van der Waals surface area (Å²) in [5.74, 6) is -0.148. The molecule has 0 radical (unpaired) electrons. The lowest BCUT2D eigenvalue weighted by Crippen LogP contribution is -2.23. The molecule has 0 aromatic carbocycles. The van der Waals surface area contributed by atoms with Crippen LogP contribution in [0.2, 0.25) is 0 Å². The second-order valence-corrected chi connectivity index (χ2v) is 13.0. The van der Waals surface area contributed by atoms with Crippen LogP contribution in [0.3, 0.4) is 0 Å². The number of hydrogen-bond acceptors (Lipinski definition) is 6. The Bertz CT molecular complexity index is 706. The van der Waals surface area contributed by atoms with E-state index in [1.165, 1.54) is 89.9 Å². The molecular weight excluding hydrogens is 562 g/mol. The molecule has 0 fully saturated rings. The lowest BCUT2D eigenvalue weighted by molar-refractivity contribution is -0.144. The molecule has 0 spiro atoms. The average molecular weight is 636 g/mol. The molecule has 0 saturated heterocycles. The molecule has 0 aliphatic heterocycles. The monoisotopic (exact) mass is 636 g/mol. The molecule has 6 nitrogen and oxygen atoms in total. The number of carbonyl (C=O) groups excluding carboxylic acids is 2. The first kappa shape index (κ1) is 43.2. The standard InChI is InChI=1S/C39H73NO5/c1-5-7-9-11-13-15-17-18-19-20-21-23-25-27-29-32-38(41)43-36-33-37(45-39(42)44-35-30-34-40(3)4)31-28-26-24-22-16-14-12-10-8-6-2/h13,15,18-19,37H,5-12,14,16-17,20-36H2,1-4H3/b15-13-,19-18-. The van der Waals surface area contributed by atoms with Crippen LogP contribution in [0.4, 0.5) is 4.79 Å². The van der Waals surface area contributed by atoms with Crippen molar-refractivity contribution in [2.45, 2.75) is 180 Å². The van der Waals surface area contributed by atoms with Gasteiger partial charge in [0.2, 0.25) is 0 Å². The van der Waals surface area contributed by atoms with Crippen molar-refractivity contribution in [1.82, 2.24) is 4.90 Å². The first-order valence-corrected chi connectivity index (χ1v) is 18.9. The molecule has 6 heteroatoms. The maximum atomic E-state index is 12.3. The summed E-state index contributed by atoms with van der Waals surface area (Å²) in [5.41, 5.74) is 0. The zero-order chi connectivity index (χ0) is 33.1. The van der Waals surface area contributed by atoms with Crippen molar-refractivity contribution in [2.75, 3.05) is 33.9 Å². The fourth-order valence-corrected chi connectivity index (χ4v) is 5.29. The highest BCUT2D eigenvalue weighted by molar-refractivity contribution is 5.69. The van der Waals surface area contributed by atoms with E-state index in [-0.39, 0.29) is 18.7 Å². The zero-order valence-electron chi connectivity index (χ0n) is 30.2. The average Bonchev–Trinajstić information content (AvgIpc) is 3.01. The molecule has 0 aliphatic rings. The fraction of sp³-hybridized carbons (Fsp3) is 0.846. The third kappa shape index (κ3) is 34.9. The van der Waals surface area contributed by atoms with E-state index in [1.54, 1.807) is 0 Å². The van der Waals surface area contributed by atoms with Crippen LogP contribution < -0.4 is 0 Å². The van der Waals surface area contributed by atoms with Gasteiger partial charge in [0.15, 0.2) is 0 Å². The molecule has 0 aliphatic carbocycles. The molecule has 1 atom stereocenters. The van der Waals surface area contributed by atoms with Crippen molar-refractivity contribution < 1.29 is 23.8 Å². The third-order valence-corrected chi connectivity index (χ3v) is 8.15. The Labute approximate surface area is 279 Å². The highest BCUT2D eigenvalue weighted by Crippen LogP contribution is 2.16. The van der Waals surface area contributed by atoms with E-state index < -0.39 is 6.16 Å². The Balaban J connectivity index is 4.07. The van der Waals surface area contributed by atoms with Crippen LogP contribution in [0.25, 0.3) is 0 Å². The summed E-state index contributed by atoms with van der Waals surface area (Å²) in [7, 11) is 4.00. The van der Waals surface area contributed by atoms with Crippen molar-refractivity contribution in [3.63, 3.8) is 0 Å². The number of nitrogens with zero attached hydrogens (tertiary/aromatic N) is 1. The SMILES string of the molecule is CCCCC/C=C\C/C=C\CCCCCCCC(=O)OCCC(CCCCCCCCCCCC)OC(=O)OCCCN(C)C. The lowest BCUT2D eigenvalue weighted by Gasteiger charge is -2.18. The smallest absolute Gasteiger partial charge is 0.466 e. The van der Waals surface area contributed by atoms with Gasteiger partial charge in [-0.3, -0.25) is 4.79 Å². The van der Waals surface area contributed by atoms with Crippen molar-refractivity contribution in [2.24, 2.45) is 0 Å². The summed E-state index contributed by atoms with van der Waals surface area (Å²) in [6, 6.07) is 0. The molecule has 0 saturated carbocycles. The predicted molar refractivity (Wildman–Crippen MR) is 191 cm³/mol. The molecule has 264 valence electrons. The van der Waals surface area contributed by atoms with Crippen LogP contribution in [0.15, 0.2) is 24.3 Å². The van der Waals surface area contributed by atoms with Gasteiger partial charge in [-0.15, -0.1) is 0 Å². The Kier molecular flexibility index (Phi) is 33.6. The number of carbonyl (C=O) groups is 2. The van der Waals surface area contributed by atoms with Gasteiger partial charge < -0.3 is 19.1 Å². The van der Waals surface area contributed by atoms with Crippen molar-refractivity contribution in [3.05, 3.63) is 24.3 Å². The van der Waals surface area contributed by atoms with Crippen molar-refractivity contribution in [1.29, 1.82) is 0 Å². The Hall–Kier alpha value is -1.82. The molecule has 0 rings (SSSR count). The van der Waals surface area contributed by atoms with E-state index in [9.17, 15) is 9.59 Å². The quantitative estimate of drug-likeness (QED) is 0.0406. The summed E-state index contributed by atoms with van der Waals surface area (Å²) in [5, 5.41) is 0. The lowest BCUT2D eigenvalue weighted by atomic mass is 10.0. The van der Waals surface area contributed by atoms with Crippen LogP contribution in [0, 0.1) is 0 Å². The van der Waals surface area contributed by atoms with Gasteiger partial charge in [0, 0.05) is 19.4 Å². The third-order valence-electron chi connectivity index (χ3n) is 8.15. The minimum Gasteiger partial charge on any atom is -0.466 e. The highest BCUT2D eigenvalue weighted by Gasteiger charge is 2.16. The van der Waals surface area contributed by atoms with Gasteiger partial charge in [0.05, 0.1) is 13.2 Å². The molecule has 0 amide bonds. The second-order valence-electron chi connectivity index (χ2n) is 13.0. The highest BCUT2D eigenvalue weighted by atomic mass is 16.7. The molecule has 0 aromatic heterocycles. The Morgan fingerprint density at radius 1 is 0.578 bits per heavy atom. The Morgan fingerprint density at radius 3 is 1.73 bits per heavy atom. The van der Waals surface area contributed by atoms with Crippen LogP contribution in [0.5, 0.6) is 0 Å².